The van der Waals surface area contributed by atoms with Crippen LogP contribution in [0.4, 0.5) is 0 Å². The topological polar surface area (TPSA) is 35.5 Å². The van der Waals surface area contributed by atoms with Gasteiger partial charge < -0.3 is 9.47 Å². The van der Waals surface area contributed by atoms with Gasteiger partial charge >= 0.3 is 0 Å². The van der Waals surface area contributed by atoms with Crippen LogP contribution in [0.5, 0.6) is 0 Å². The highest BCUT2D eigenvalue weighted by atomic mass is 32.2. The smallest absolute Gasteiger partial charge is 0.163 e. The summed E-state index contributed by atoms with van der Waals surface area (Å²) in [7, 11) is -1.08. The molecule has 2 rings (SSSR count). The van der Waals surface area contributed by atoms with E-state index < -0.39 is 16.6 Å². The summed E-state index contributed by atoms with van der Waals surface area (Å²) in [5, 5.41) is 0. The van der Waals surface area contributed by atoms with Crippen LogP contribution in [-0.4, -0.2) is 28.0 Å². The average molecular weight is 294 g/mol. The van der Waals surface area contributed by atoms with Gasteiger partial charge in [0.2, 0.25) is 0 Å². The molecule has 0 saturated carbocycles. The number of rotatable bonds is 5. The largest absolute Gasteiger partial charge is 0.344 e. The molecule has 1 heterocycles. The molecule has 1 fully saturated rings. The quantitative estimate of drug-likeness (QED) is 0.782. The molecular formula is C16H22O3S. The Morgan fingerprint density at radius 3 is 2.45 bits per heavy atom. The lowest BCUT2D eigenvalue weighted by Crippen LogP contribution is -2.28. The van der Waals surface area contributed by atoms with Crippen LogP contribution in [0.1, 0.15) is 25.8 Å². The second-order valence-corrected chi connectivity index (χ2v) is 7.06. The molecule has 110 valence electrons. The molecule has 1 aromatic carbocycles. The van der Waals surface area contributed by atoms with E-state index in [2.05, 4.69) is 6.58 Å². The molecule has 3 nitrogen and oxygen atoms in total. The normalized spacial score (nSPS) is 26.4. The monoisotopic (exact) mass is 294 g/mol. The van der Waals surface area contributed by atoms with Crippen molar-refractivity contribution >= 4 is 10.8 Å². The first-order chi connectivity index (χ1) is 9.41. The molecule has 0 radical (unpaired) electrons. The zero-order chi connectivity index (χ0) is 14.8. The minimum atomic E-state index is -1.08. The molecule has 0 amide bonds. The van der Waals surface area contributed by atoms with Crippen LogP contribution in [0.3, 0.4) is 0 Å². The van der Waals surface area contributed by atoms with Gasteiger partial charge in [0.25, 0.3) is 0 Å². The van der Waals surface area contributed by atoms with Crippen molar-refractivity contribution in [3.8, 4) is 0 Å². The average Bonchev–Trinajstić information content (AvgIpc) is 2.65. The zero-order valence-electron chi connectivity index (χ0n) is 12.3. The van der Waals surface area contributed by atoms with Crippen LogP contribution < -0.4 is 0 Å². The minimum absolute atomic E-state index is 0.0723. The molecule has 0 N–H and O–H groups in total. The molecule has 1 unspecified atom stereocenters. The van der Waals surface area contributed by atoms with Gasteiger partial charge in [-0.05, 0) is 39.3 Å². The second kappa shape index (κ2) is 6.20. The molecule has 1 aliphatic heterocycles. The summed E-state index contributed by atoms with van der Waals surface area (Å²) in [5.74, 6) is -0.166. The minimum Gasteiger partial charge on any atom is -0.344 e. The van der Waals surface area contributed by atoms with Crippen molar-refractivity contribution in [3.05, 3.63) is 42.5 Å². The second-order valence-electron chi connectivity index (χ2n) is 5.56. The van der Waals surface area contributed by atoms with Gasteiger partial charge in [-0.25, -0.2) is 0 Å². The lowest BCUT2D eigenvalue weighted by Gasteiger charge is -2.16. The SMILES string of the molecule is C=CC[C@H]1OC(C)(C)O[C@@H]1CS(=O)c1ccc(C)cc1. The number of benzene rings is 1. The molecule has 0 aliphatic carbocycles. The van der Waals surface area contributed by atoms with Crippen molar-refractivity contribution in [1.82, 2.24) is 0 Å². The maximum absolute atomic E-state index is 12.4. The van der Waals surface area contributed by atoms with Gasteiger partial charge in [-0.1, -0.05) is 23.8 Å². The highest BCUT2D eigenvalue weighted by molar-refractivity contribution is 7.85. The number of hydrogen-bond donors (Lipinski definition) is 0. The fourth-order valence-electron chi connectivity index (χ4n) is 2.35. The van der Waals surface area contributed by atoms with Gasteiger partial charge in [0.05, 0.1) is 28.8 Å². The Kier molecular flexibility index (Phi) is 4.78. The maximum Gasteiger partial charge on any atom is 0.163 e. The third-order valence-corrected chi connectivity index (χ3v) is 4.71. The van der Waals surface area contributed by atoms with E-state index in [4.69, 9.17) is 9.47 Å². The number of aryl methyl sites for hydroxylation is 1. The van der Waals surface area contributed by atoms with Gasteiger partial charge in [-0.15, -0.1) is 6.58 Å². The summed E-state index contributed by atoms with van der Waals surface area (Å²) in [5.41, 5.74) is 1.16. The molecule has 1 aromatic rings. The first-order valence-corrected chi connectivity index (χ1v) is 8.15. The van der Waals surface area contributed by atoms with E-state index in [1.165, 1.54) is 0 Å². The fourth-order valence-corrected chi connectivity index (χ4v) is 3.56. The van der Waals surface area contributed by atoms with Crippen LogP contribution in [0.25, 0.3) is 0 Å². The van der Waals surface area contributed by atoms with E-state index in [0.717, 1.165) is 10.5 Å². The van der Waals surface area contributed by atoms with E-state index in [1.807, 2.05) is 51.1 Å². The summed E-state index contributed by atoms with van der Waals surface area (Å²) in [6, 6.07) is 7.78. The molecule has 3 atom stereocenters. The molecule has 1 aliphatic rings. The highest BCUT2D eigenvalue weighted by Gasteiger charge is 2.41. The third kappa shape index (κ3) is 3.78. The summed E-state index contributed by atoms with van der Waals surface area (Å²) in [6.07, 6.45) is 2.29. The molecular weight excluding hydrogens is 272 g/mol. The van der Waals surface area contributed by atoms with E-state index in [-0.39, 0.29) is 12.2 Å². The van der Waals surface area contributed by atoms with E-state index in [9.17, 15) is 4.21 Å². The summed E-state index contributed by atoms with van der Waals surface area (Å²) >= 11 is 0. The third-order valence-electron chi connectivity index (χ3n) is 3.28. The predicted molar refractivity (Wildman–Crippen MR) is 81.1 cm³/mol. The Balaban J connectivity index is 2.06. The number of hydrogen-bond acceptors (Lipinski definition) is 3. The van der Waals surface area contributed by atoms with Gasteiger partial charge in [0.1, 0.15) is 0 Å². The first kappa shape index (κ1) is 15.4. The number of ether oxygens (including phenoxy) is 2. The first-order valence-electron chi connectivity index (χ1n) is 6.83. The zero-order valence-corrected chi connectivity index (χ0v) is 13.1. The Morgan fingerprint density at radius 1 is 1.25 bits per heavy atom. The Bertz CT molecular complexity index is 493. The van der Waals surface area contributed by atoms with Gasteiger partial charge in [0.15, 0.2) is 5.79 Å². The summed E-state index contributed by atoms with van der Waals surface area (Å²) < 4.78 is 24.1. The highest BCUT2D eigenvalue weighted by Crippen LogP contribution is 2.31. The van der Waals surface area contributed by atoms with Gasteiger partial charge in [-0.3, -0.25) is 4.21 Å². The molecule has 0 spiro atoms. The van der Waals surface area contributed by atoms with Crippen molar-refractivity contribution in [3.63, 3.8) is 0 Å². The van der Waals surface area contributed by atoms with Crippen molar-refractivity contribution in [2.75, 3.05) is 5.75 Å². The van der Waals surface area contributed by atoms with Gasteiger partial charge in [-0.2, -0.15) is 0 Å². The van der Waals surface area contributed by atoms with Crippen molar-refractivity contribution in [2.24, 2.45) is 0 Å². The van der Waals surface area contributed by atoms with E-state index in [0.29, 0.717) is 12.2 Å². The lowest BCUT2D eigenvalue weighted by atomic mass is 10.2. The van der Waals surface area contributed by atoms with E-state index in [1.54, 1.807) is 0 Å². The van der Waals surface area contributed by atoms with E-state index >= 15 is 0 Å². The van der Waals surface area contributed by atoms with Crippen LogP contribution in [0, 0.1) is 6.92 Å². The standard InChI is InChI=1S/C16H22O3S/c1-5-6-14-15(19-16(3,4)18-14)11-20(17)13-9-7-12(2)8-10-13/h5,7-10,14-15H,1,6,11H2,2-4H3/t14-,15-,20?/m1/s1. The molecule has 4 heteroatoms. The Morgan fingerprint density at radius 2 is 1.85 bits per heavy atom. The van der Waals surface area contributed by atoms with Crippen LogP contribution in [-0.2, 0) is 20.3 Å². The van der Waals surface area contributed by atoms with Crippen molar-refractivity contribution in [2.45, 2.75) is 50.1 Å². The van der Waals surface area contributed by atoms with Crippen molar-refractivity contribution < 1.29 is 13.7 Å². The van der Waals surface area contributed by atoms with Crippen molar-refractivity contribution in [1.29, 1.82) is 0 Å². The Hall–Kier alpha value is -0.970. The molecule has 0 bridgehead atoms. The summed E-state index contributed by atoms with van der Waals surface area (Å²) in [6.45, 7) is 9.53. The lowest BCUT2D eigenvalue weighted by molar-refractivity contribution is -0.144. The molecule has 1 saturated heterocycles. The Labute approximate surface area is 123 Å². The maximum atomic E-state index is 12.4. The van der Waals surface area contributed by atoms with Crippen LogP contribution in [0.15, 0.2) is 41.8 Å². The van der Waals surface area contributed by atoms with Gasteiger partial charge in [0, 0.05) is 4.90 Å². The fraction of sp³-hybridized carbons (Fsp3) is 0.500. The summed E-state index contributed by atoms with van der Waals surface area (Å²) in [4.78, 5) is 0.834. The van der Waals surface area contributed by atoms with Crippen LogP contribution >= 0.6 is 0 Å². The predicted octanol–water partition coefficient (Wildman–Crippen LogP) is 3.20. The molecule has 0 aromatic heterocycles. The van der Waals surface area contributed by atoms with Crippen LogP contribution in [0.2, 0.25) is 0 Å². The molecule has 20 heavy (non-hydrogen) atoms.